The lowest BCUT2D eigenvalue weighted by Crippen LogP contribution is -2.53. The quantitative estimate of drug-likeness (QED) is 0.696. The van der Waals surface area contributed by atoms with Gasteiger partial charge in [0.1, 0.15) is 11.3 Å². The van der Waals surface area contributed by atoms with Crippen molar-refractivity contribution in [1.29, 1.82) is 0 Å². The van der Waals surface area contributed by atoms with Crippen LogP contribution in [0.4, 0.5) is 4.79 Å². The molecule has 7 heteroatoms. The van der Waals surface area contributed by atoms with Crippen molar-refractivity contribution in [2.45, 2.75) is 13.5 Å². The number of urea groups is 1. The number of carbonyl (C=O) groups is 3. The van der Waals surface area contributed by atoms with Crippen molar-refractivity contribution < 1.29 is 18.8 Å². The Kier molecular flexibility index (Phi) is 3.64. The van der Waals surface area contributed by atoms with E-state index in [2.05, 4.69) is 5.32 Å². The van der Waals surface area contributed by atoms with Crippen molar-refractivity contribution in [3.63, 3.8) is 0 Å². The Bertz CT molecular complexity index is 773. The van der Waals surface area contributed by atoms with E-state index in [9.17, 15) is 14.4 Å². The number of barbiturate groups is 1. The smallest absolute Gasteiger partial charge is 0.331 e. The van der Waals surface area contributed by atoms with Crippen LogP contribution in [-0.4, -0.2) is 22.7 Å². The Hall–Kier alpha value is -2.67. The van der Waals surface area contributed by atoms with Gasteiger partial charge in [-0.15, -0.1) is 11.3 Å². The Morgan fingerprint density at radius 3 is 2.73 bits per heavy atom. The largest absolute Gasteiger partial charge is 0.467 e. The highest BCUT2D eigenvalue weighted by Gasteiger charge is 2.36. The molecule has 2 aromatic rings. The zero-order chi connectivity index (χ0) is 15.7. The third-order valence-corrected chi connectivity index (χ3v) is 4.08. The van der Waals surface area contributed by atoms with Crippen LogP contribution in [0, 0.1) is 6.92 Å². The van der Waals surface area contributed by atoms with Gasteiger partial charge in [-0.25, -0.2) is 4.79 Å². The highest BCUT2D eigenvalue weighted by atomic mass is 32.1. The molecule has 1 fully saturated rings. The number of nitrogens with one attached hydrogen (secondary N) is 1. The van der Waals surface area contributed by atoms with E-state index in [-0.39, 0.29) is 12.1 Å². The summed E-state index contributed by atoms with van der Waals surface area (Å²) in [6.07, 6.45) is 2.95. The summed E-state index contributed by atoms with van der Waals surface area (Å²) in [7, 11) is 0. The van der Waals surface area contributed by atoms with Gasteiger partial charge >= 0.3 is 6.03 Å². The van der Waals surface area contributed by atoms with Crippen LogP contribution in [0.5, 0.6) is 0 Å². The molecule has 0 saturated carbocycles. The molecule has 4 amide bonds. The molecular weight excluding hydrogens is 304 g/mol. The lowest BCUT2D eigenvalue weighted by molar-refractivity contribution is -0.130. The maximum atomic E-state index is 12.4. The van der Waals surface area contributed by atoms with Gasteiger partial charge in [0.15, 0.2) is 0 Å². The van der Waals surface area contributed by atoms with E-state index >= 15 is 0 Å². The SMILES string of the molecule is Cc1ccc(/C=C2\C(=O)NC(=O)N(Cc3ccco3)C2=O)s1. The summed E-state index contributed by atoms with van der Waals surface area (Å²) < 4.78 is 5.14. The lowest BCUT2D eigenvalue weighted by Gasteiger charge is -2.25. The average Bonchev–Trinajstić information content (AvgIpc) is 3.11. The summed E-state index contributed by atoms with van der Waals surface area (Å²) in [4.78, 5) is 39.0. The van der Waals surface area contributed by atoms with E-state index in [1.165, 1.54) is 23.7 Å². The molecule has 1 N–H and O–H groups in total. The van der Waals surface area contributed by atoms with E-state index in [4.69, 9.17) is 4.42 Å². The maximum Gasteiger partial charge on any atom is 0.331 e. The summed E-state index contributed by atoms with van der Waals surface area (Å²) in [5.41, 5.74) is -0.0620. The molecule has 112 valence electrons. The van der Waals surface area contributed by atoms with Gasteiger partial charge in [0.25, 0.3) is 11.8 Å². The molecule has 0 aromatic carbocycles. The first kappa shape index (κ1) is 14.3. The summed E-state index contributed by atoms with van der Waals surface area (Å²) in [5, 5.41) is 2.17. The first-order valence-corrected chi connectivity index (χ1v) is 7.34. The van der Waals surface area contributed by atoms with Gasteiger partial charge in [-0.3, -0.25) is 19.8 Å². The number of hydrogen-bond acceptors (Lipinski definition) is 5. The molecule has 0 atom stereocenters. The van der Waals surface area contributed by atoms with Crippen LogP contribution in [0.1, 0.15) is 15.5 Å². The lowest BCUT2D eigenvalue weighted by atomic mass is 10.1. The fourth-order valence-corrected chi connectivity index (χ4v) is 2.89. The molecule has 0 radical (unpaired) electrons. The maximum absolute atomic E-state index is 12.4. The number of hydrogen-bond donors (Lipinski definition) is 1. The Labute approximate surface area is 130 Å². The molecule has 1 aliphatic heterocycles. The second-order valence-corrected chi connectivity index (χ2v) is 6.06. The fourth-order valence-electron chi connectivity index (χ4n) is 2.07. The van der Waals surface area contributed by atoms with Crippen LogP contribution < -0.4 is 5.32 Å². The van der Waals surface area contributed by atoms with E-state index in [1.807, 2.05) is 19.1 Å². The zero-order valence-corrected chi connectivity index (χ0v) is 12.5. The van der Waals surface area contributed by atoms with Crippen molar-refractivity contribution in [3.05, 3.63) is 51.6 Å². The van der Waals surface area contributed by atoms with E-state index < -0.39 is 17.8 Å². The first-order valence-electron chi connectivity index (χ1n) is 6.52. The van der Waals surface area contributed by atoms with E-state index in [0.717, 1.165) is 14.7 Å². The average molecular weight is 316 g/mol. The van der Waals surface area contributed by atoms with E-state index in [1.54, 1.807) is 12.1 Å². The number of rotatable bonds is 3. The Balaban J connectivity index is 1.90. The number of amides is 4. The third kappa shape index (κ3) is 2.71. The van der Waals surface area contributed by atoms with Crippen LogP contribution in [-0.2, 0) is 16.1 Å². The van der Waals surface area contributed by atoms with Crippen LogP contribution in [0.25, 0.3) is 6.08 Å². The number of furan rings is 1. The van der Waals surface area contributed by atoms with Crippen LogP contribution >= 0.6 is 11.3 Å². The zero-order valence-electron chi connectivity index (χ0n) is 11.7. The van der Waals surface area contributed by atoms with Gasteiger partial charge in [-0.2, -0.15) is 0 Å². The highest BCUT2D eigenvalue weighted by Crippen LogP contribution is 2.21. The molecule has 6 nitrogen and oxygen atoms in total. The topological polar surface area (TPSA) is 79.6 Å². The van der Waals surface area contributed by atoms with Gasteiger partial charge in [0, 0.05) is 9.75 Å². The second kappa shape index (κ2) is 5.61. The molecule has 22 heavy (non-hydrogen) atoms. The molecule has 0 spiro atoms. The monoisotopic (exact) mass is 316 g/mol. The number of carbonyl (C=O) groups excluding carboxylic acids is 3. The third-order valence-electron chi connectivity index (χ3n) is 3.13. The number of aryl methyl sites for hydroxylation is 1. The molecular formula is C15H12N2O4S. The molecule has 0 aliphatic carbocycles. The van der Waals surface area contributed by atoms with Gasteiger partial charge in [-0.1, -0.05) is 0 Å². The standard InChI is InChI=1S/C15H12N2O4S/c1-9-4-5-11(22-9)7-12-13(18)16-15(20)17(14(12)19)8-10-3-2-6-21-10/h2-7H,8H2,1H3,(H,16,18,20)/b12-7+. The molecule has 1 saturated heterocycles. The van der Waals surface area contributed by atoms with Crippen molar-refractivity contribution >= 4 is 35.3 Å². The molecule has 0 unspecified atom stereocenters. The normalized spacial score (nSPS) is 17.2. The summed E-state index contributed by atoms with van der Waals surface area (Å²) in [6.45, 7) is 1.91. The first-order chi connectivity index (χ1) is 10.5. The number of imide groups is 2. The van der Waals surface area contributed by atoms with Crippen molar-refractivity contribution in [3.8, 4) is 0 Å². The van der Waals surface area contributed by atoms with Crippen molar-refractivity contribution in [2.75, 3.05) is 0 Å². The van der Waals surface area contributed by atoms with Crippen LogP contribution in [0.15, 0.2) is 40.5 Å². The molecule has 1 aliphatic rings. The minimum atomic E-state index is -0.745. The van der Waals surface area contributed by atoms with Gasteiger partial charge in [0.05, 0.1) is 12.8 Å². The summed E-state index contributed by atoms with van der Waals surface area (Å²) in [6, 6.07) is 6.29. The predicted molar refractivity (Wildman–Crippen MR) is 79.8 cm³/mol. The Morgan fingerprint density at radius 1 is 1.27 bits per heavy atom. The second-order valence-electron chi connectivity index (χ2n) is 4.74. The van der Waals surface area contributed by atoms with Crippen LogP contribution in [0.3, 0.4) is 0 Å². The highest BCUT2D eigenvalue weighted by molar-refractivity contribution is 7.12. The summed E-state index contributed by atoms with van der Waals surface area (Å²) in [5.74, 6) is -0.850. The van der Waals surface area contributed by atoms with Gasteiger partial charge in [-0.05, 0) is 37.3 Å². The number of nitrogens with zero attached hydrogens (tertiary/aromatic N) is 1. The minimum absolute atomic E-state index is 0.0221. The predicted octanol–water partition coefficient (Wildman–Crippen LogP) is 2.31. The molecule has 3 rings (SSSR count). The van der Waals surface area contributed by atoms with E-state index in [0.29, 0.717) is 5.76 Å². The van der Waals surface area contributed by atoms with Crippen LogP contribution in [0.2, 0.25) is 0 Å². The van der Waals surface area contributed by atoms with Gasteiger partial charge < -0.3 is 4.42 Å². The van der Waals surface area contributed by atoms with Crippen molar-refractivity contribution in [1.82, 2.24) is 10.2 Å². The minimum Gasteiger partial charge on any atom is -0.467 e. The molecule has 0 bridgehead atoms. The number of thiophene rings is 1. The molecule has 3 heterocycles. The Morgan fingerprint density at radius 2 is 2.09 bits per heavy atom. The van der Waals surface area contributed by atoms with Gasteiger partial charge in [0.2, 0.25) is 0 Å². The van der Waals surface area contributed by atoms with Crippen molar-refractivity contribution in [2.24, 2.45) is 0 Å². The molecule has 2 aromatic heterocycles. The fraction of sp³-hybridized carbons (Fsp3) is 0.133. The summed E-state index contributed by atoms with van der Waals surface area (Å²) >= 11 is 1.46.